The van der Waals surface area contributed by atoms with E-state index in [-0.39, 0.29) is 5.91 Å². The molecular formula is C24H19ClN4OS. The Morgan fingerprint density at radius 2 is 1.90 bits per heavy atom. The summed E-state index contributed by atoms with van der Waals surface area (Å²) >= 11 is 7.69. The van der Waals surface area contributed by atoms with Crippen molar-refractivity contribution in [3.05, 3.63) is 94.5 Å². The molecule has 1 amide bonds. The Labute approximate surface area is 188 Å². The smallest absolute Gasteiger partial charge is 0.268 e. The minimum atomic E-state index is -0.143. The largest absolute Gasteiger partial charge is 0.347 e. The maximum Gasteiger partial charge on any atom is 0.268 e. The molecule has 2 aromatic carbocycles. The van der Waals surface area contributed by atoms with Gasteiger partial charge in [0.15, 0.2) is 0 Å². The molecular weight excluding hydrogens is 428 g/mol. The van der Waals surface area contributed by atoms with Crippen LogP contribution in [0.4, 0.5) is 0 Å². The van der Waals surface area contributed by atoms with Crippen molar-refractivity contribution in [2.45, 2.75) is 6.54 Å². The van der Waals surface area contributed by atoms with Gasteiger partial charge in [0.25, 0.3) is 5.91 Å². The van der Waals surface area contributed by atoms with Crippen LogP contribution in [0.3, 0.4) is 0 Å². The Kier molecular flexibility index (Phi) is 5.10. The maximum atomic E-state index is 13.0. The van der Waals surface area contributed by atoms with E-state index in [0.29, 0.717) is 17.3 Å². The predicted molar refractivity (Wildman–Crippen MR) is 126 cm³/mol. The van der Waals surface area contributed by atoms with Gasteiger partial charge < -0.3 is 9.88 Å². The van der Waals surface area contributed by atoms with Gasteiger partial charge in [-0.1, -0.05) is 48.0 Å². The quantitative estimate of drug-likeness (QED) is 0.378. The van der Waals surface area contributed by atoms with Gasteiger partial charge in [0.1, 0.15) is 17.0 Å². The summed E-state index contributed by atoms with van der Waals surface area (Å²) in [6.07, 6.45) is 0. The lowest BCUT2D eigenvalue weighted by atomic mass is 10.2. The standard InChI is InChI=1S/C24H19ClN4OS/c1-28-20(23(30)26-15-16-7-5-8-17(25)13-16)14-19-22(21-11-6-12-31-21)27-29(24(19)28)18-9-3-2-4-10-18/h2-14H,15H2,1H3,(H,26,30). The number of para-hydroxylation sites is 1. The van der Waals surface area contributed by atoms with Gasteiger partial charge in [-0.15, -0.1) is 11.3 Å². The summed E-state index contributed by atoms with van der Waals surface area (Å²) in [6.45, 7) is 0.406. The van der Waals surface area contributed by atoms with E-state index in [0.717, 1.165) is 32.9 Å². The minimum Gasteiger partial charge on any atom is -0.347 e. The molecule has 154 valence electrons. The van der Waals surface area contributed by atoms with Crippen LogP contribution in [-0.4, -0.2) is 20.3 Å². The van der Waals surface area contributed by atoms with E-state index in [1.54, 1.807) is 11.3 Å². The third-order valence-electron chi connectivity index (χ3n) is 5.19. The van der Waals surface area contributed by atoms with Crippen LogP contribution in [0.25, 0.3) is 27.3 Å². The van der Waals surface area contributed by atoms with E-state index in [1.807, 2.05) is 94.5 Å². The lowest BCUT2D eigenvalue weighted by Crippen LogP contribution is -2.25. The molecule has 0 bridgehead atoms. The number of nitrogens with one attached hydrogen (secondary N) is 1. The van der Waals surface area contributed by atoms with Crippen LogP contribution >= 0.6 is 22.9 Å². The zero-order chi connectivity index (χ0) is 21.4. The van der Waals surface area contributed by atoms with E-state index >= 15 is 0 Å². The molecule has 0 unspecified atom stereocenters. The van der Waals surface area contributed by atoms with Crippen LogP contribution in [0.5, 0.6) is 0 Å². The molecule has 5 nitrogen and oxygen atoms in total. The summed E-state index contributed by atoms with van der Waals surface area (Å²) in [7, 11) is 1.90. The zero-order valence-electron chi connectivity index (χ0n) is 16.7. The molecule has 7 heteroatoms. The normalized spacial score (nSPS) is 11.2. The molecule has 0 aliphatic carbocycles. The summed E-state index contributed by atoms with van der Waals surface area (Å²) < 4.78 is 3.80. The number of fused-ring (bicyclic) bond motifs is 1. The highest BCUT2D eigenvalue weighted by Crippen LogP contribution is 2.34. The lowest BCUT2D eigenvalue weighted by Gasteiger charge is -2.09. The Balaban J connectivity index is 1.57. The number of carbonyl (C=O) groups excluding carboxylic acids is 1. The Bertz CT molecular complexity index is 1370. The molecule has 0 saturated heterocycles. The van der Waals surface area contributed by atoms with Gasteiger partial charge in [-0.25, -0.2) is 4.68 Å². The molecule has 0 saturated carbocycles. The number of hydrogen-bond acceptors (Lipinski definition) is 3. The van der Waals surface area contributed by atoms with Crippen LogP contribution in [0, 0.1) is 0 Å². The molecule has 31 heavy (non-hydrogen) atoms. The van der Waals surface area contributed by atoms with E-state index in [4.69, 9.17) is 16.7 Å². The highest BCUT2D eigenvalue weighted by molar-refractivity contribution is 7.13. The zero-order valence-corrected chi connectivity index (χ0v) is 18.3. The lowest BCUT2D eigenvalue weighted by molar-refractivity contribution is 0.0943. The molecule has 0 aliphatic heterocycles. The topological polar surface area (TPSA) is 51.9 Å². The van der Waals surface area contributed by atoms with Crippen molar-refractivity contribution in [3.8, 4) is 16.3 Å². The monoisotopic (exact) mass is 446 g/mol. The van der Waals surface area contributed by atoms with E-state index in [9.17, 15) is 4.79 Å². The second-order valence-corrected chi connectivity index (χ2v) is 8.60. The molecule has 3 aromatic heterocycles. The van der Waals surface area contributed by atoms with Crippen LogP contribution in [-0.2, 0) is 13.6 Å². The SMILES string of the molecule is Cn1c(C(=O)NCc2cccc(Cl)c2)cc2c(-c3cccs3)nn(-c3ccccc3)c21. The van der Waals surface area contributed by atoms with Crippen molar-refractivity contribution in [2.75, 3.05) is 0 Å². The Hall–Kier alpha value is -3.35. The van der Waals surface area contributed by atoms with Crippen molar-refractivity contribution in [1.82, 2.24) is 19.7 Å². The van der Waals surface area contributed by atoms with Crippen LogP contribution in [0.2, 0.25) is 5.02 Å². The van der Waals surface area contributed by atoms with Crippen molar-refractivity contribution >= 4 is 39.9 Å². The van der Waals surface area contributed by atoms with E-state index in [2.05, 4.69) is 5.32 Å². The average Bonchev–Trinajstić information content (AvgIpc) is 3.50. The average molecular weight is 447 g/mol. The van der Waals surface area contributed by atoms with E-state index < -0.39 is 0 Å². The molecule has 0 fully saturated rings. The fourth-order valence-corrected chi connectivity index (χ4v) is 4.64. The third kappa shape index (κ3) is 3.65. The van der Waals surface area contributed by atoms with Crippen LogP contribution in [0.15, 0.2) is 78.2 Å². The summed E-state index contributed by atoms with van der Waals surface area (Å²) in [5.41, 5.74) is 4.23. The molecule has 0 radical (unpaired) electrons. The molecule has 1 N–H and O–H groups in total. The maximum absolute atomic E-state index is 13.0. The van der Waals surface area contributed by atoms with Gasteiger partial charge in [0.05, 0.1) is 10.6 Å². The molecule has 0 atom stereocenters. The number of halogens is 1. The van der Waals surface area contributed by atoms with Gasteiger partial charge in [-0.2, -0.15) is 5.10 Å². The number of carbonyl (C=O) groups is 1. The number of thiophene rings is 1. The predicted octanol–water partition coefficient (Wildman–Crippen LogP) is 5.68. The van der Waals surface area contributed by atoms with Gasteiger partial charge in [-0.3, -0.25) is 4.79 Å². The first-order valence-electron chi connectivity index (χ1n) is 9.82. The summed E-state index contributed by atoms with van der Waals surface area (Å²) in [6, 6.07) is 23.4. The number of amides is 1. The number of aryl methyl sites for hydroxylation is 1. The van der Waals surface area contributed by atoms with Crippen LogP contribution in [0.1, 0.15) is 16.1 Å². The summed E-state index contributed by atoms with van der Waals surface area (Å²) in [5, 5.41) is 11.5. The van der Waals surface area contributed by atoms with Gasteiger partial charge >= 0.3 is 0 Å². The van der Waals surface area contributed by atoms with Crippen molar-refractivity contribution in [3.63, 3.8) is 0 Å². The van der Waals surface area contributed by atoms with Gasteiger partial charge in [0.2, 0.25) is 0 Å². The number of hydrogen-bond donors (Lipinski definition) is 1. The van der Waals surface area contributed by atoms with Crippen LogP contribution < -0.4 is 5.32 Å². The molecule has 5 rings (SSSR count). The number of rotatable bonds is 5. The summed E-state index contributed by atoms with van der Waals surface area (Å²) in [4.78, 5) is 14.1. The fraction of sp³-hybridized carbons (Fsp3) is 0.0833. The highest BCUT2D eigenvalue weighted by Gasteiger charge is 2.22. The number of benzene rings is 2. The molecule has 0 spiro atoms. The second kappa shape index (κ2) is 8.06. The Morgan fingerprint density at radius 1 is 1.06 bits per heavy atom. The first-order valence-corrected chi connectivity index (χ1v) is 11.1. The first kappa shape index (κ1) is 19.6. The minimum absolute atomic E-state index is 0.143. The fourth-order valence-electron chi connectivity index (χ4n) is 3.71. The highest BCUT2D eigenvalue weighted by atomic mass is 35.5. The van der Waals surface area contributed by atoms with Gasteiger partial charge in [0, 0.05) is 24.0 Å². The molecule has 3 heterocycles. The third-order valence-corrected chi connectivity index (χ3v) is 6.30. The Morgan fingerprint density at radius 3 is 2.65 bits per heavy atom. The number of nitrogens with zero attached hydrogens (tertiary/aromatic N) is 3. The molecule has 5 aromatic rings. The molecule has 0 aliphatic rings. The second-order valence-electron chi connectivity index (χ2n) is 7.21. The first-order chi connectivity index (χ1) is 15.1. The summed E-state index contributed by atoms with van der Waals surface area (Å²) in [5.74, 6) is -0.143. The van der Waals surface area contributed by atoms with Gasteiger partial charge in [-0.05, 0) is 47.3 Å². The van der Waals surface area contributed by atoms with Crippen molar-refractivity contribution in [1.29, 1.82) is 0 Å². The van der Waals surface area contributed by atoms with Crippen molar-refractivity contribution < 1.29 is 4.79 Å². The van der Waals surface area contributed by atoms with Crippen molar-refractivity contribution in [2.24, 2.45) is 7.05 Å². The van der Waals surface area contributed by atoms with E-state index in [1.165, 1.54) is 0 Å². The number of aromatic nitrogens is 3.